The molecule has 1 nitrogen and oxygen atoms in total. The SMILES string of the molecule is FC(F)(F)C1CCN(CCCl)C1. The molecule has 1 rings (SSSR count). The Morgan fingerprint density at radius 1 is 1.42 bits per heavy atom. The lowest BCUT2D eigenvalue weighted by molar-refractivity contribution is -0.170. The number of rotatable bonds is 2. The van der Waals surface area contributed by atoms with Crippen LogP contribution in [-0.2, 0) is 0 Å². The van der Waals surface area contributed by atoms with Gasteiger partial charge in [-0.2, -0.15) is 13.2 Å². The van der Waals surface area contributed by atoms with E-state index in [1.54, 1.807) is 4.90 Å². The normalized spacial score (nSPS) is 26.5. The highest BCUT2D eigenvalue weighted by Gasteiger charge is 2.43. The van der Waals surface area contributed by atoms with Gasteiger partial charge in [-0.15, -0.1) is 11.6 Å². The summed E-state index contributed by atoms with van der Waals surface area (Å²) in [6, 6.07) is 0. The van der Waals surface area contributed by atoms with E-state index >= 15 is 0 Å². The summed E-state index contributed by atoms with van der Waals surface area (Å²) in [5.74, 6) is -0.731. The summed E-state index contributed by atoms with van der Waals surface area (Å²) in [7, 11) is 0. The molecule has 0 spiro atoms. The van der Waals surface area contributed by atoms with E-state index in [1.807, 2.05) is 0 Å². The molecule has 0 aromatic heterocycles. The zero-order chi connectivity index (χ0) is 9.19. The Hall–Kier alpha value is 0.0400. The summed E-state index contributed by atoms with van der Waals surface area (Å²) >= 11 is 5.42. The van der Waals surface area contributed by atoms with Crippen molar-refractivity contribution < 1.29 is 13.2 Å². The third kappa shape index (κ3) is 2.52. The van der Waals surface area contributed by atoms with Crippen LogP contribution in [0.4, 0.5) is 13.2 Å². The van der Waals surface area contributed by atoms with Crippen molar-refractivity contribution in [3.63, 3.8) is 0 Å². The number of nitrogens with zero attached hydrogens (tertiary/aromatic N) is 1. The van der Waals surface area contributed by atoms with E-state index in [0.29, 0.717) is 19.0 Å². The van der Waals surface area contributed by atoms with Crippen molar-refractivity contribution >= 4 is 11.6 Å². The minimum absolute atomic E-state index is 0.121. The number of hydrogen-bond acceptors (Lipinski definition) is 1. The minimum atomic E-state index is -4.03. The zero-order valence-electron chi connectivity index (χ0n) is 6.57. The van der Waals surface area contributed by atoms with Crippen molar-refractivity contribution in [2.24, 2.45) is 5.92 Å². The number of halogens is 4. The number of likely N-dealkylation sites (tertiary alicyclic amines) is 1. The molecular formula is C7H11ClF3N. The minimum Gasteiger partial charge on any atom is -0.302 e. The van der Waals surface area contributed by atoms with Crippen LogP contribution in [0.2, 0.25) is 0 Å². The van der Waals surface area contributed by atoms with Crippen LogP contribution >= 0.6 is 11.6 Å². The van der Waals surface area contributed by atoms with Crippen LogP contribution in [0, 0.1) is 5.92 Å². The Balaban J connectivity index is 2.35. The second-order valence-corrected chi connectivity index (χ2v) is 3.39. The van der Waals surface area contributed by atoms with Gasteiger partial charge in [-0.3, -0.25) is 0 Å². The summed E-state index contributed by atoms with van der Waals surface area (Å²) in [6.45, 7) is 1.21. The molecule has 0 N–H and O–H groups in total. The first-order valence-electron chi connectivity index (χ1n) is 3.89. The number of alkyl halides is 4. The van der Waals surface area contributed by atoms with Crippen LogP contribution in [0.25, 0.3) is 0 Å². The molecular weight excluding hydrogens is 191 g/mol. The first-order chi connectivity index (χ1) is 5.54. The molecule has 1 atom stereocenters. The molecule has 1 unspecified atom stereocenters. The van der Waals surface area contributed by atoms with Gasteiger partial charge in [0, 0.05) is 19.0 Å². The highest BCUT2D eigenvalue weighted by atomic mass is 35.5. The van der Waals surface area contributed by atoms with Gasteiger partial charge in [0.05, 0.1) is 5.92 Å². The van der Waals surface area contributed by atoms with Gasteiger partial charge >= 0.3 is 6.18 Å². The molecule has 1 aliphatic heterocycles. The fourth-order valence-electron chi connectivity index (χ4n) is 1.42. The van der Waals surface area contributed by atoms with E-state index in [0.717, 1.165) is 0 Å². The van der Waals surface area contributed by atoms with Crippen LogP contribution in [0.1, 0.15) is 6.42 Å². The van der Waals surface area contributed by atoms with Crippen LogP contribution in [0.3, 0.4) is 0 Å². The maximum absolute atomic E-state index is 12.1. The Morgan fingerprint density at radius 2 is 2.08 bits per heavy atom. The first-order valence-corrected chi connectivity index (χ1v) is 4.42. The van der Waals surface area contributed by atoms with Crippen LogP contribution in [0.5, 0.6) is 0 Å². The Bertz CT molecular complexity index is 148. The Kier molecular flexibility index (Phi) is 3.23. The maximum Gasteiger partial charge on any atom is 0.393 e. The van der Waals surface area contributed by atoms with Crippen molar-refractivity contribution in [3.05, 3.63) is 0 Å². The molecule has 72 valence electrons. The second-order valence-electron chi connectivity index (χ2n) is 3.02. The predicted molar refractivity (Wildman–Crippen MR) is 41.3 cm³/mol. The number of hydrogen-bond donors (Lipinski definition) is 0. The van der Waals surface area contributed by atoms with Gasteiger partial charge in [0.25, 0.3) is 0 Å². The lowest BCUT2D eigenvalue weighted by atomic mass is 10.1. The fraction of sp³-hybridized carbons (Fsp3) is 1.00. The zero-order valence-corrected chi connectivity index (χ0v) is 7.33. The van der Waals surface area contributed by atoms with Crippen molar-refractivity contribution in [2.75, 3.05) is 25.5 Å². The molecule has 1 fully saturated rings. The fourth-order valence-corrected chi connectivity index (χ4v) is 1.66. The van der Waals surface area contributed by atoms with Gasteiger partial charge in [-0.25, -0.2) is 0 Å². The van der Waals surface area contributed by atoms with Crippen LogP contribution < -0.4 is 0 Å². The highest BCUT2D eigenvalue weighted by molar-refractivity contribution is 6.18. The summed E-state index contributed by atoms with van der Waals surface area (Å²) in [5, 5.41) is 0. The van der Waals surface area contributed by atoms with Gasteiger partial charge in [0.1, 0.15) is 0 Å². The van der Waals surface area contributed by atoms with E-state index in [4.69, 9.17) is 11.6 Å². The predicted octanol–water partition coefficient (Wildman–Crippen LogP) is 2.11. The second kappa shape index (κ2) is 3.83. The Morgan fingerprint density at radius 3 is 2.50 bits per heavy atom. The first kappa shape index (κ1) is 10.1. The van der Waals surface area contributed by atoms with Gasteiger partial charge in [0.15, 0.2) is 0 Å². The standard InChI is InChI=1S/C7H11ClF3N/c8-2-4-12-3-1-6(5-12)7(9,10)11/h6H,1-5H2. The highest BCUT2D eigenvalue weighted by Crippen LogP contribution is 2.33. The van der Waals surface area contributed by atoms with Crippen LogP contribution in [0.15, 0.2) is 0 Å². The van der Waals surface area contributed by atoms with Crippen molar-refractivity contribution in [2.45, 2.75) is 12.6 Å². The third-order valence-electron chi connectivity index (χ3n) is 2.14. The molecule has 5 heteroatoms. The topological polar surface area (TPSA) is 3.24 Å². The summed E-state index contributed by atoms with van der Waals surface area (Å²) in [4.78, 5) is 1.76. The van der Waals surface area contributed by atoms with E-state index in [2.05, 4.69) is 0 Å². The molecule has 0 aromatic carbocycles. The molecule has 0 bridgehead atoms. The van der Waals surface area contributed by atoms with Gasteiger partial charge in [0.2, 0.25) is 0 Å². The van der Waals surface area contributed by atoms with Gasteiger partial charge < -0.3 is 4.90 Å². The third-order valence-corrected chi connectivity index (χ3v) is 2.31. The van der Waals surface area contributed by atoms with Crippen molar-refractivity contribution in [1.82, 2.24) is 4.90 Å². The van der Waals surface area contributed by atoms with Crippen molar-refractivity contribution in [3.8, 4) is 0 Å². The Labute approximate surface area is 74.5 Å². The molecule has 0 radical (unpaired) electrons. The van der Waals surface area contributed by atoms with E-state index in [1.165, 1.54) is 0 Å². The lowest BCUT2D eigenvalue weighted by Crippen LogP contribution is -2.28. The van der Waals surface area contributed by atoms with E-state index in [-0.39, 0.29) is 13.0 Å². The largest absolute Gasteiger partial charge is 0.393 e. The van der Waals surface area contributed by atoms with E-state index < -0.39 is 12.1 Å². The van der Waals surface area contributed by atoms with Crippen molar-refractivity contribution in [1.29, 1.82) is 0 Å². The molecule has 0 amide bonds. The maximum atomic E-state index is 12.1. The summed E-state index contributed by atoms with van der Waals surface area (Å²) in [6.07, 6.45) is -3.80. The quantitative estimate of drug-likeness (QED) is 0.619. The average molecular weight is 202 g/mol. The van der Waals surface area contributed by atoms with E-state index in [9.17, 15) is 13.2 Å². The lowest BCUT2D eigenvalue weighted by Gasteiger charge is -2.16. The summed E-state index contributed by atoms with van der Waals surface area (Å²) in [5.41, 5.74) is 0. The van der Waals surface area contributed by atoms with Gasteiger partial charge in [-0.1, -0.05) is 0 Å². The summed E-state index contributed by atoms with van der Waals surface area (Å²) < 4.78 is 36.3. The smallest absolute Gasteiger partial charge is 0.302 e. The molecule has 0 saturated carbocycles. The monoisotopic (exact) mass is 201 g/mol. The average Bonchev–Trinajstić information content (AvgIpc) is 2.35. The molecule has 1 heterocycles. The molecule has 12 heavy (non-hydrogen) atoms. The molecule has 1 saturated heterocycles. The molecule has 0 aromatic rings. The molecule has 1 aliphatic rings. The van der Waals surface area contributed by atoms with Crippen LogP contribution in [-0.4, -0.2) is 36.6 Å². The van der Waals surface area contributed by atoms with Gasteiger partial charge in [-0.05, 0) is 13.0 Å². The molecule has 0 aliphatic carbocycles.